The lowest BCUT2D eigenvalue weighted by Gasteiger charge is -2.14. The smallest absolute Gasteiger partial charge is 0.293 e. The van der Waals surface area contributed by atoms with E-state index in [4.69, 9.17) is 21.1 Å². The van der Waals surface area contributed by atoms with Gasteiger partial charge in [-0.25, -0.2) is 0 Å². The number of carbonyl (C=O) groups is 2. The third-order valence-electron chi connectivity index (χ3n) is 4.03. The summed E-state index contributed by atoms with van der Waals surface area (Å²) >= 11 is 7.26. The van der Waals surface area contributed by atoms with E-state index >= 15 is 0 Å². The van der Waals surface area contributed by atoms with E-state index in [1.807, 2.05) is 37.3 Å². The fourth-order valence-electron chi connectivity index (χ4n) is 2.77. The van der Waals surface area contributed by atoms with Gasteiger partial charge in [-0.2, -0.15) is 0 Å². The fraction of sp³-hybridized carbons (Fsp3) is 0.182. The first kappa shape index (κ1) is 21.0. The molecule has 2 amide bonds. The molecule has 1 saturated heterocycles. The van der Waals surface area contributed by atoms with Crippen LogP contribution in [0, 0.1) is 0 Å². The number of halogens is 1. The summed E-state index contributed by atoms with van der Waals surface area (Å²) in [6, 6.07) is 12.8. The van der Waals surface area contributed by atoms with Crippen LogP contribution in [0.1, 0.15) is 18.1 Å². The third kappa shape index (κ3) is 5.02. The Kier molecular flexibility index (Phi) is 7.01. The van der Waals surface area contributed by atoms with E-state index in [9.17, 15) is 9.59 Å². The number of thioether (sulfide) groups is 1. The van der Waals surface area contributed by atoms with E-state index in [0.29, 0.717) is 33.6 Å². The van der Waals surface area contributed by atoms with E-state index in [-0.39, 0.29) is 24.3 Å². The minimum atomic E-state index is -0.329. The van der Waals surface area contributed by atoms with Crippen LogP contribution in [0.2, 0.25) is 5.02 Å². The monoisotopic (exact) mass is 429 g/mol. The molecule has 2 aromatic rings. The molecule has 5 nitrogen and oxygen atoms in total. The summed E-state index contributed by atoms with van der Waals surface area (Å²) in [7, 11) is 0. The van der Waals surface area contributed by atoms with Gasteiger partial charge < -0.3 is 9.47 Å². The highest BCUT2D eigenvalue weighted by atomic mass is 35.5. The zero-order valence-electron chi connectivity index (χ0n) is 15.9. The average Bonchev–Trinajstić information content (AvgIpc) is 2.96. The zero-order valence-corrected chi connectivity index (χ0v) is 17.5. The van der Waals surface area contributed by atoms with Crippen molar-refractivity contribution in [3.63, 3.8) is 0 Å². The molecule has 1 aliphatic heterocycles. The normalized spacial score (nSPS) is 15.1. The highest BCUT2D eigenvalue weighted by Crippen LogP contribution is 2.39. The molecule has 7 heteroatoms. The Morgan fingerprint density at radius 2 is 1.93 bits per heavy atom. The van der Waals surface area contributed by atoms with Gasteiger partial charge in [0.25, 0.3) is 11.1 Å². The first-order chi connectivity index (χ1) is 14.0. The largest absolute Gasteiger partial charge is 0.490 e. The van der Waals surface area contributed by atoms with Crippen molar-refractivity contribution in [1.29, 1.82) is 0 Å². The van der Waals surface area contributed by atoms with Crippen LogP contribution < -0.4 is 9.47 Å². The number of amides is 2. The summed E-state index contributed by atoms with van der Waals surface area (Å²) in [5.74, 6) is 0.560. The maximum atomic E-state index is 12.7. The lowest BCUT2D eigenvalue weighted by Crippen LogP contribution is -2.27. The molecule has 0 atom stereocenters. The molecule has 2 aromatic carbocycles. The minimum Gasteiger partial charge on any atom is -0.490 e. The second-order valence-corrected chi connectivity index (χ2v) is 7.52. The predicted molar refractivity (Wildman–Crippen MR) is 116 cm³/mol. The molecule has 0 saturated carbocycles. The van der Waals surface area contributed by atoms with Gasteiger partial charge in [-0.3, -0.25) is 14.5 Å². The Hall–Kier alpha value is -2.70. The van der Waals surface area contributed by atoms with Gasteiger partial charge in [0.05, 0.1) is 23.1 Å². The number of nitrogens with zero attached hydrogens (tertiary/aromatic N) is 1. The molecule has 0 radical (unpaired) electrons. The van der Waals surface area contributed by atoms with Crippen molar-refractivity contribution in [2.24, 2.45) is 0 Å². The molecule has 0 spiro atoms. The molecule has 0 aromatic heterocycles. The fourth-order valence-corrected chi connectivity index (χ4v) is 3.88. The number of carbonyl (C=O) groups excluding carboxylic acids is 2. The van der Waals surface area contributed by atoms with Crippen molar-refractivity contribution >= 4 is 40.6 Å². The summed E-state index contributed by atoms with van der Waals surface area (Å²) in [5.41, 5.74) is 1.54. The van der Waals surface area contributed by atoms with Crippen LogP contribution in [0.25, 0.3) is 6.08 Å². The van der Waals surface area contributed by atoms with Crippen molar-refractivity contribution in [3.05, 3.63) is 76.2 Å². The lowest BCUT2D eigenvalue weighted by molar-refractivity contribution is -0.123. The molecular weight excluding hydrogens is 410 g/mol. The van der Waals surface area contributed by atoms with Crippen molar-refractivity contribution < 1.29 is 19.1 Å². The number of imide groups is 1. The molecule has 3 rings (SSSR count). The molecule has 1 heterocycles. The quantitative estimate of drug-likeness (QED) is 0.407. The van der Waals surface area contributed by atoms with Gasteiger partial charge in [-0.1, -0.05) is 54.6 Å². The van der Waals surface area contributed by atoms with Crippen molar-refractivity contribution in [1.82, 2.24) is 4.90 Å². The van der Waals surface area contributed by atoms with Gasteiger partial charge in [-0.15, -0.1) is 0 Å². The summed E-state index contributed by atoms with van der Waals surface area (Å²) in [6.45, 7) is 6.43. The molecule has 0 aliphatic carbocycles. The number of hydrogen-bond acceptors (Lipinski definition) is 5. The van der Waals surface area contributed by atoms with Gasteiger partial charge in [0.2, 0.25) is 0 Å². The predicted octanol–water partition coefficient (Wildman–Crippen LogP) is 5.54. The van der Waals surface area contributed by atoms with Gasteiger partial charge in [0.15, 0.2) is 11.5 Å². The summed E-state index contributed by atoms with van der Waals surface area (Å²) in [5, 5.41) is 0.0553. The van der Waals surface area contributed by atoms with E-state index in [2.05, 4.69) is 6.58 Å². The SMILES string of the molecule is C=CCOc1c(Cl)cc(/C=C2\SC(=O)N(Cc3ccccc3)C2=O)cc1OCC. The van der Waals surface area contributed by atoms with Crippen LogP contribution in [0.15, 0.2) is 60.0 Å². The zero-order chi connectivity index (χ0) is 20.8. The summed E-state index contributed by atoms with van der Waals surface area (Å²) < 4.78 is 11.2. The van der Waals surface area contributed by atoms with Crippen molar-refractivity contribution in [2.45, 2.75) is 13.5 Å². The van der Waals surface area contributed by atoms with Crippen LogP contribution in [-0.2, 0) is 11.3 Å². The standard InChI is InChI=1S/C22H20ClNO4S/c1-3-10-28-20-17(23)11-16(12-18(20)27-4-2)13-19-21(25)24(22(26)29-19)14-15-8-6-5-7-9-15/h3,5-9,11-13H,1,4,10,14H2,2H3/b19-13-. The van der Waals surface area contributed by atoms with Gasteiger partial charge >= 0.3 is 0 Å². The summed E-state index contributed by atoms with van der Waals surface area (Å²) in [6.07, 6.45) is 3.25. The lowest BCUT2D eigenvalue weighted by atomic mass is 10.1. The maximum absolute atomic E-state index is 12.7. The number of rotatable bonds is 8. The van der Waals surface area contributed by atoms with Gasteiger partial charge in [0.1, 0.15) is 6.61 Å². The van der Waals surface area contributed by atoms with Crippen molar-refractivity contribution in [2.75, 3.05) is 13.2 Å². The highest BCUT2D eigenvalue weighted by Gasteiger charge is 2.35. The second-order valence-electron chi connectivity index (χ2n) is 6.12. The first-order valence-electron chi connectivity index (χ1n) is 9.02. The van der Waals surface area contributed by atoms with Crippen LogP contribution in [0.3, 0.4) is 0 Å². The number of hydrogen-bond donors (Lipinski definition) is 0. The number of ether oxygens (including phenoxy) is 2. The summed E-state index contributed by atoms with van der Waals surface area (Å²) in [4.78, 5) is 26.7. The Labute approximate surface area is 178 Å². The van der Waals surface area contributed by atoms with Gasteiger partial charge in [-0.05, 0) is 48.0 Å². The average molecular weight is 430 g/mol. The molecule has 1 aliphatic rings. The van der Waals surface area contributed by atoms with Crippen LogP contribution in [0.4, 0.5) is 4.79 Å². The first-order valence-corrected chi connectivity index (χ1v) is 10.2. The molecule has 0 unspecified atom stereocenters. The van der Waals surface area contributed by atoms with E-state index in [1.54, 1.807) is 24.3 Å². The molecular formula is C22H20ClNO4S. The Bertz CT molecular complexity index is 959. The molecule has 29 heavy (non-hydrogen) atoms. The Morgan fingerprint density at radius 3 is 2.62 bits per heavy atom. The topological polar surface area (TPSA) is 55.8 Å². The van der Waals surface area contributed by atoms with Gasteiger partial charge in [0, 0.05) is 0 Å². The molecule has 0 bridgehead atoms. The molecule has 1 fully saturated rings. The molecule has 0 N–H and O–H groups in total. The van der Waals surface area contributed by atoms with Crippen LogP contribution >= 0.6 is 23.4 Å². The number of benzene rings is 2. The van der Waals surface area contributed by atoms with Crippen molar-refractivity contribution in [3.8, 4) is 11.5 Å². The minimum absolute atomic E-state index is 0.238. The van der Waals surface area contributed by atoms with Crippen LogP contribution in [-0.4, -0.2) is 29.3 Å². The second kappa shape index (κ2) is 9.67. The Morgan fingerprint density at radius 1 is 1.17 bits per heavy atom. The maximum Gasteiger partial charge on any atom is 0.293 e. The van der Waals surface area contributed by atoms with E-state index in [0.717, 1.165) is 17.3 Å². The molecule has 150 valence electrons. The third-order valence-corrected chi connectivity index (χ3v) is 5.22. The van der Waals surface area contributed by atoms with E-state index in [1.165, 1.54) is 4.90 Å². The Balaban J connectivity index is 1.86. The van der Waals surface area contributed by atoms with Crippen LogP contribution in [0.5, 0.6) is 11.5 Å². The van der Waals surface area contributed by atoms with E-state index < -0.39 is 0 Å². The highest BCUT2D eigenvalue weighted by molar-refractivity contribution is 8.18.